The van der Waals surface area contributed by atoms with Gasteiger partial charge in [0.25, 0.3) is 0 Å². The summed E-state index contributed by atoms with van der Waals surface area (Å²) in [5.74, 6) is 0.474. The average molecular weight is 616 g/mol. The van der Waals surface area contributed by atoms with E-state index in [1.807, 2.05) is 6.92 Å². The highest BCUT2D eigenvalue weighted by molar-refractivity contribution is 9.10. The Balaban J connectivity index is 1.66. The molecule has 1 N–H and O–H groups in total. The number of esters is 1. The van der Waals surface area contributed by atoms with E-state index in [4.69, 9.17) is 9.47 Å². The molecule has 0 heterocycles. The van der Waals surface area contributed by atoms with Crippen LogP contribution in [0, 0.1) is 0 Å². The zero-order valence-electron chi connectivity index (χ0n) is 24.4. The first-order chi connectivity index (χ1) is 19.5. The Labute approximate surface area is 249 Å². The lowest BCUT2D eigenvalue weighted by molar-refractivity contribution is -0.121. The van der Waals surface area contributed by atoms with Crippen molar-refractivity contribution in [1.82, 2.24) is 5.43 Å². The third kappa shape index (κ3) is 14.6. The number of amides is 1. The summed E-state index contributed by atoms with van der Waals surface area (Å²) < 4.78 is 12.0. The molecule has 1 amide bonds. The minimum Gasteiger partial charge on any atom is -0.494 e. The second-order valence-corrected chi connectivity index (χ2v) is 11.1. The summed E-state index contributed by atoms with van der Waals surface area (Å²) in [4.78, 5) is 24.9. The molecule has 0 bridgehead atoms. The molecule has 0 radical (unpaired) electrons. The molecule has 0 saturated heterocycles. The maximum atomic E-state index is 12.7. The summed E-state index contributed by atoms with van der Waals surface area (Å²) in [5, 5.41) is 4.09. The van der Waals surface area contributed by atoms with Crippen LogP contribution >= 0.6 is 15.9 Å². The van der Waals surface area contributed by atoms with Crippen molar-refractivity contribution in [2.24, 2.45) is 5.10 Å². The van der Waals surface area contributed by atoms with Gasteiger partial charge < -0.3 is 9.47 Å². The molecule has 7 heteroatoms. The van der Waals surface area contributed by atoms with Crippen LogP contribution < -0.4 is 14.9 Å². The van der Waals surface area contributed by atoms with Crippen molar-refractivity contribution in [3.05, 3.63) is 58.1 Å². The Hall–Kier alpha value is -2.67. The van der Waals surface area contributed by atoms with Gasteiger partial charge in [0.1, 0.15) is 11.5 Å². The van der Waals surface area contributed by atoms with E-state index in [1.54, 1.807) is 42.5 Å². The Kier molecular flexibility index (Phi) is 17.7. The van der Waals surface area contributed by atoms with Crippen LogP contribution in [0.3, 0.4) is 0 Å². The topological polar surface area (TPSA) is 77.0 Å². The molecule has 6 nitrogen and oxygen atoms in total. The molecule has 0 aliphatic carbocycles. The van der Waals surface area contributed by atoms with Crippen molar-refractivity contribution >= 4 is 34.0 Å². The molecule has 0 fully saturated rings. The maximum Gasteiger partial charge on any atom is 0.343 e. The third-order valence-corrected chi connectivity index (χ3v) is 7.13. The van der Waals surface area contributed by atoms with Gasteiger partial charge in [-0.2, -0.15) is 5.10 Å². The van der Waals surface area contributed by atoms with Gasteiger partial charge in [-0.15, -0.1) is 0 Å². The predicted molar refractivity (Wildman–Crippen MR) is 167 cm³/mol. The standard InChI is InChI=1S/C33H47BrN2O4/c1-3-5-6-7-8-9-10-11-12-13-14-15-16-17-32(37)36-35-26-28-25-29(34)20-23-31(28)40-33(38)27-18-21-30(22-19-27)39-24-4-2/h18-23,25-26H,3-17,24H2,1-2H3,(H,36,37)/b35-26+. The molecule has 0 aliphatic rings. The summed E-state index contributed by atoms with van der Waals surface area (Å²) in [6.45, 7) is 4.92. The molecule has 2 rings (SSSR count). The van der Waals surface area contributed by atoms with E-state index < -0.39 is 5.97 Å². The first-order valence-corrected chi connectivity index (χ1v) is 15.9. The summed E-state index contributed by atoms with van der Waals surface area (Å²) in [6, 6.07) is 12.1. The van der Waals surface area contributed by atoms with Crippen molar-refractivity contribution in [3.63, 3.8) is 0 Å². The van der Waals surface area contributed by atoms with Crippen molar-refractivity contribution in [2.45, 2.75) is 110 Å². The number of ether oxygens (including phenoxy) is 2. The number of benzene rings is 2. The van der Waals surface area contributed by atoms with Gasteiger partial charge in [0.15, 0.2) is 0 Å². The van der Waals surface area contributed by atoms with Crippen molar-refractivity contribution in [1.29, 1.82) is 0 Å². The molecule has 0 atom stereocenters. The van der Waals surface area contributed by atoms with Crippen LogP contribution in [0.1, 0.15) is 126 Å². The Morgan fingerprint density at radius 2 is 1.40 bits per heavy atom. The summed E-state index contributed by atoms with van der Waals surface area (Å²) >= 11 is 3.44. The van der Waals surface area contributed by atoms with Crippen LogP contribution in [0.25, 0.3) is 0 Å². The number of unbranched alkanes of at least 4 members (excludes halogenated alkanes) is 12. The van der Waals surface area contributed by atoms with Gasteiger partial charge in [-0.3, -0.25) is 4.79 Å². The molecule has 0 unspecified atom stereocenters. The normalized spacial score (nSPS) is 11.1. The number of halogens is 1. The van der Waals surface area contributed by atoms with Crippen LogP contribution in [0.2, 0.25) is 0 Å². The largest absolute Gasteiger partial charge is 0.494 e. The zero-order valence-corrected chi connectivity index (χ0v) is 26.0. The fourth-order valence-electron chi connectivity index (χ4n) is 4.31. The van der Waals surface area contributed by atoms with Gasteiger partial charge in [-0.1, -0.05) is 107 Å². The van der Waals surface area contributed by atoms with Crippen LogP contribution in [0.5, 0.6) is 11.5 Å². The van der Waals surface area contributed by atoms with Gasteiger partial charge in [-0.05, 0) is 55.3 Å². The van der Waals surface area contributed by atoms with Gasteiger partial charge in [0, 0.05) is 16.5 Å². The number of carbonyl (C=O) groups excluding carboxylic acids is 2. The zero-order chi connectivity index (χ0) is 28.8. The molecule has 0 spiro atoms. The van der Waals surface area contributed by atoms with Crippen LogP contribution in [0.15, 0.2) is 52.0 Å². The van der Waals surface area contributed by atoms with E-state index in [-0.39, 0.29) is 5.91 Å². The highest BCUT2D eigenvalue weighted by atomic mass is 79.9. The lowest BCUT2D eigenvalue weighted by Gasteiger charge is -2.09. The predicted octanol–water partition coefficient (Wildman–Crippen LogP) is 9.39. The number of hydrogen-bond donors (Lipinski definition) is 1. The second kappa shape index (κ2) is 21.1. The Bertz CT molecular complexity index is 1020. The number of nitrogens with one attached hydrogen (secondary N) is 1. The monoisotopic (exact) mass is 614 g/mol. The molecule has 0 aromatic heterocycles. The molecular formula is C33H47BrN2O4. The number of nitrogens with zero attached hydrogens (tertiary/aromatic N) is 1. The van der Waals surface area contributed by atoms with Gasteiger partial charge in [0.2, 0.25) is 5.91 Å². The van der Waals surface area contributed by atoms with Gasteiger partial charge in [-0.25, -0.2) is 10.2 Å². The molecule has 40 heavy (non-hydrogen) atoms. The summed E-state index contributed by atoms with van der Waals surface area (Å²) in [7, 11) is 0. The van der Waals surface area contributed by atoms with E-state index in [0.29, 0.717) is 35.7 Å². The molecule has 0 aliphatic heterocycles. The fourth-order valence-corrected chi connectivity index (χ4v) is 4.69. The highest BCUT2D eigenvalue weighted by Crippen LogP contribution is 2.23. The van der Waals surface area contributed by atoms with Crippen molar-refractivity contribution < 1.29 is 19.1 Å². The third-order valence-electron chi connectivity index (χ3n) is 6.64. The number of carbonyl (C=O) groups is 2. The van der Waals surface area contributed by atoms with Crippen LogP contribution in [-0.4, -0.2) is 24.7 Å². The Morgan fingerprint density at radius 3 is 2.00 bits per heavy atom. The van der Waals surface area contributed by atoms with Crippen molar-refractivity contribution in [3.8, 4) is 11.5 Å². The lowest BCUT2D eigenvalue weighted by atomic mass is 10.0. The molecule has 2 aromatic carbocycles. The number of hydrogen-bond acceptors (Lipinski definition) is 5. The van der Waals surface area contributed by atoms with Crippen LogP contribution in [-0.2, 0) is 4.79 Å². The van der Waals surface area contributed by atoms with Gasteiger partial charge >= 0.3 is 5.97 Å². The Morgan fingerprint density at radius 1 is 0.800 bits per heavy atom. The van der Waals surface area contributed by atoms with E-state index in [2.05, 4.69) is 33.4 Å². The van der Waals surface area contributed by atoms with E-state index >= 15 is 0 Å². The number of hydrazone groups is 1. The van der Waals surface area contributed by atoms with E-state index in [0.717, 1.165) is 23.7 Å². The SMILES string of the molecule is CCCCCCCCCCCCCCCC(=O)N/N=C/c1cc(Br)ccc1OC(=O)c1ccc(OCCC)cc1. The molecule has 0 saturated carbocycles. The minimum atomic E-state index is -0.481. The van der Waals surface area contributed by atoms with Crippen molar-refractivity contribution in [2.75, 3.05) is 6.61 Å². The van der Waals surface area contributed by atoms with Gasteiger partial charge in [0.05, 0.1) is 18.4 Å². The highest BCUT2D eigenvalue weighted by Gasteiger charge is 2.12. The quantitative estimate of drug-likeness (QED) is 0.0499. The molecular weight excluding hydrogens is 568 g/mol. The minimum absolute atomic E-state index is 0.113. The summed E-state index contributed by atoms with van der Waals surface area (Å²) in [5.41, 5.74) is 3.58. The molecule has 220 valence electrons. The lowest BCUT2D eigenvalue weighted by Crippen LogP contribution is -2.17. The first kappa shape index (κ1) is 33.5. The first-order valence-electron chi connectivity index (χ1n) is 15.1. The van der Waals surface area contributed by atoms with E-state index in [9.17, 15) is 9.59 Å². The maximum absolute atomic E-state index is 12.7. The smallest absolute Gasteiger partial charge is 0.343 e. The number of rotatable bonds is 21. The second-order valence-electron chi connectivity index (χ2n) is 10.2. The summed E-state index contributed by atoms with van der Waals surface area (Å²) in [6.07, 6.45) is 19.4. The fraction of sp³-hybridized carbons (Fsp3) is 0.545. The average Bonchev–Trinajstić information content (AvgIpc) is 2.96. The molecule has 2 aromatic rings. The van der Waals surface area contributed by atoms with Crippen LogP contribution in [0.4, 0.5) is 0 Å². The van der Waals surface area contributed by atoms with E-state index in [1.165, 1.54) is 76.8 Å².